The summed E-state index contributed by atoms with van der Waals surface area (Å²) in [5, 5.41) is 27.2. The molecule has 2 rings (SSSR count). The fourth-order valence-corrected chi connectivity index (χ4v) is 2.95. The Morgan fingerprint density at radius 1 is 1.32 bits per heavy atom. The van der Waals surface area contributed by atoms with Crippen molar-refractivity contribution in [2.24, 2.45) is 10.9 Å². The summed E-state index contributed by atoms with van der Waals surface area (Å²) in [7, 11) is 0. The maximum atomic E-state index is 12.1. The number of nitrogens with one attached hydrogen (secondary N) is 3. The van der Waals surface area contributed by atoms with E-state index >= 15 is 0 Å². The van der Waals surface area contributed by atoms with Crippen LogP contribution in [-0.4, -0.2) is 35.8 Å². The minimum Gasteiger partial charge on any atom is -0.490 e. The highest BCUT2D eigenvalue weighted by molar-refractivity contribution is 6.41. The molecule has 0 bridgehead atoms. The highest BCUT2D eigenvalue weighted by atomic mass is 16.5. The third-order valence-electron chi connectivity index (χ3n) is 4.80. The third-order valence-corrected chi connectivity index (χ3v) is 4.80. The van der Waals surface area contributed by atoms with Gasteiger partial charge in [0.2, 0.25) is 5.84 Å². The smallest absolute Gasteiger partial charge is 0.288 e. The molecule has 0 heterocycles. The van der Waals surface area contributed by atoms with Gasteiger partial charge in [-0.3, -0.25) is 10.2 Å². The number of aryl methyl sites for hydroxylation is 1. The van der Waals surface area contributed by atoms with Crippen LogP contribution in [0.1, 0.15) is 50.7 Å². The van der Waals surface area contributed by atoms with Gasteiger partial charge in [0, 0.05) is 6.04 Å². The van der Waals surface area contributed by atoms with Crippen LogP contribution in [0.4, 0.5) is 0 Å². The summed E-state index contributed by atoms with van der Waals surface area (Å²) in [6, 6.07) is 7.59. The molecule has 148 valence electrons. The number of ether oxygens (including phenoxy) is 1. The average Bonchev–Trinajstić information content (AvgIpc) is 2.67. The first-order chi connectivity index (χ1) is 13.3. The predicted octanol–water partition coefficient (Wildman–Crippen LogP) is 3.40. The Balaban J connectivity index is 1.79. The first-order valence-electron chi connectivity index (χ1n) is 9.49. The molecule has 0 unspecified atom stereocenters. The van der Waals surface area contributed by atoms with E-state index in [0.717, 1.165) is 37.0 Å². The van der Waals surface area contributed by atoms with Crippen molar-refractivity contribution in [3.63, 3.8) is 0 Å². The van der Waals surface area contributed by atoms with Crippen molar-refractivity contribution < 1.29 is 9.53 Å². The number of carbonyl (C=O) groups excluding carboxylic acids is 1. The van der Waals surface area contributed by atoms with Crippen LogP contribution in [0.15, 0.2) is 23.2 Å². The van der Waals surface area contributed by atoms with Crippen LogP contribution >= 0.6 is 0 Å². The Kier molecular flexibility index (Phi) is 7.44. The minimum atomic E-state index is -0.514. The molecule has 1 aromatic rings. The van der Waals surface area contributed by atoms with Gasteiger partial charge in [-0.05, 0) is 62.3 Å². The summed E-state index contributed by atoms with van der Waals surface area (Å²) in [5.74, 6) is -0.126. The summed E-state index contributed by atoms with van der Waals surface area (Å²) in [5.41, 5.74) is 1.83. The van der Waals surface area contributed by atoms with Gasteiger partial charge in [0.25, 0.3) is 5.91 Å². The molecule has 0 radical (unpaired) electrons. The molecule has 1 aliphatic carbocycles. The number of amides is 1. The monoisotopic (exact) mass is 381 g/mol. The van der Waals surface area contributed by atoms with E-state index in [1.807, 2.05) is 32.9 Å². The molecule has 0 saturated heterocycles. The molecule has 28 heavy (non-hydrogen) atoms. The molecule has 1 aromatic carbocycles. The van der Waals surface area contributed by atoms with E-state index in [1.165, 1.54) is 6.21 Å². The fourth-order valence-electron chi connectivity index (χ4n) is 2.95. The highest BCUT2D eigenvalue weighted by Gasteiger charge is 2.24. The fraction of sp³-hybridized carbons (Fsp3) is 0.476. The van der Waals surface area contributed by atoms with E-state index < -0.39 is 5.91 Å². The molecule has 1 fully saturated rings. The second-order valence-corrected chi connectivity index (χ2v) is 7.37. The molecule has 3 N–H and O–H groups in total. The van der Waals surface area contributed by atoms with E-state index in [2.05, 4.69) is 16.4 Å². The van der Waals surface area contributed by atoms with E-state index in [0.29, 0.717) is 5.56 Å². The second-order valence-electron chi connectivity index (χ2n) is 7.37. The molecular weight excluding hydrogens is 354 g/mol. The van der Waals surface area contributed by atoms with E-state index in [-0.39, 0.29) is 29.6 Å². The maximum Gasteiger partial charge on any atom is 0.288 e. The Bertz CT molecular complexity index is 815. The van der Waals surface area contributed by atoms with E-state index in [1.54, 1.807) is 6.07 Å². The SMILES string of the molecule is Cc1cc(OC2CCC(NC(=O)C(=N)N=CC(=N)C(C)C)CC2)ccc1C#N. The van der Waals surface area contributed by atoms with Crippen molar-refractivity contribution in [3.05, 3.63) is 29.3 Å². The lowest BCUT2D eigenvalue weighted by molar-refractivity contribution is -0.115. The summed E-state index contributed by atoms with van der Waals surface area (Å²) >= 11 is 0. The van der Waals surface area contributed by atoms with Gasteiger partial charge in [-0.2, -0.15) is 5.26 Å². The van der Waals surface area contributed by atoms with Gasteiger partial charge < -0.3 is 15.5 Å². The topological polar surface area (TPSA) is 122 Å². The maximum absolute atomic E-state index is 12.1. The van der Waals surface area contributed by atoms with Gasteiger partial charge in [-0.15, -0.1) is 0 Å². The molecule has 1 saturated carbocycles. The van der Waals surface area contributed by atoms with Crippen molar-refractivity contribution in [2.45, 2.75) is 58.6 Å². The summed E-state index contributed by atoms with van der Waals surface area (Å²) in [6.07, 6.45) is 4.48. The predicted molar refractivity (Wildman–Crippen MR) is 109 cm³/mol. The van der Waals surface area contributed by atoms with Crippen LogP contribution in [0, 0.1) is 35.0 Å². The van der Waals surface area contributed by atoms with Crippen molar-refractivity contribution in [3.8, 4) is 11.8 Å². The molecule has 0 aromatic heterocycles. The first kappa shape index (κ1) is 21.3. The molecule has 0 atom stereocenters. The van der Waals surface area contributed by atoms with Gasteiger partial charge in [0.15, 0.2) is 0 Å². The standard InChI is InChI=1S/C21H27N5O2/c1-13(2)19(23)12-25-20(24)21(27)26-16-5-8-17(9-6-16)28-18-7-4-15(11-22)14(3)10-18/h4,7,10,12-13,16-17,23-24H,5-6,8-9H2,1-3H3,(H,26,27). The summed E-state index contributed by atoms with van der Waals surface area (Å²) in [4.78, 5) is 15.9. The molecule has 0 spiro atoms. The zero-order valence-corrected chi connectivity index (χ0v) is 16.6. The Morgan fingerprint density at radius 3 is 2.57 bits per heavy atom. The number of hydrogen-bond donors (Lipinski definition) is 3. The molecule has 0 aliphatic heterocycles. The quantitative estimate of drug-likeness (QED) is 0.535. The van der Waals surface area contributed by atoms with Gasteiger partial charge in [-0.25, -0.2) is 4.99 Å². The van der Waals surface area contributed by atoms with Crippen molar-refractivity contribution in [1.82, 2.24) is 5.32 Å². The van der Waals surface area contributed by atoms with Crippen LogP contribution < -0.4 is 10.1 Å². The molecule has 7 heteroatoms. The number of aliphatic imine (C=N–C) groups is 1. The zero-order valence-electron chi connectivity index (χ0n) is 16.6. The van der Waals surface area contributed by atoms with Crippen LogP contribution in [0.5, 0.6) is 5.75 Å². The number of amidine groups is 1. The number of hydrogen-bond acceptors (Lipinski definition) is 5. The average molecular weight is 381 g/mol. The molecule has 1 amide bonds. The largest absolute Gasteiger partial charge is 0.490 e. The Labute approximate surface area is 165 Å². The molecule has 7 nitrogen and oxygen atoms in total. The summed E-state index contributed by atoms with van der Waals surface area (Å²) < 4.78 is 6.01. The van der Waals surface area contributed by atoms with E-state index in [4.69, 9.17) is 20.8 Å². The van der Waals surface area contributed by atoms with Crippen molar-refractivity contribution in [1.29, 1.82) is 16.1 Å². The molecular formula is C21H27N5O2. The number of benzene rings is 1. The minimum absolute atomic E-state index is 0.00449. The van der Waals surface area contributed by atoms with Crippen molar-refractivity contribution in [2.75, 3.05) is 0 Å². The van der Waals surface area contributed by atoms with Gasteiger partial charge in [-0.1, -0.05) is 13.8 Å². The van der Waals surface area contributed by atoms with Crippen LogP contribution in [-0.2, 0) is 4.79 Å². The number of rotatable bonds is 5. The normalized spacial score (nSPS) is 19.2. The van der Waals surface area contributed by atoms with Crippen LogP contribution in [0.25, 0.3) is 0 Å². The Morgan fingerprint density at radius 2 is 2.00 bits per heavy atom. The lowest BCUT2D eigenvalue weighted by Gasteiger charge is -2.29. The second kappa shape index (κ2) is 9.79. The number of nitriles is 1. The van der Waals surface area contributed by atoms with Crippen molar-refractivity contribution >= 4 is 23.7 Å². The number of carbonyl (C=O) groups is 1. The third kappa shape index (κ3) is 6.02. The van der Waals surface area contributed by atoms with Crippen LogP contribution in [0.2, 0.25) is 0 Å². The summed E-state index contributed by atoms with van der Waals surface area (Å²) in [6.45, 7) is 5.60. The number of nitrogens with zero attached hydrogens (tertiary/aromatic N) is 2. The van der Waals surface area contributed by atoms with Gasteiger partial charge in [0.1, 0.15) is 5.75 Å². The van der Waals surface area contributed by atoms with Crippen LogP contribution in [0.3, 0.4) is 0 Å². The van der Waals surface area contributed by atoms with Gasteiger partial charge >= 0.3 is 0 Å². The zero-order chi connectivity index (χ0) is 20.7. The van der Waals surface area contributed by atoms with Gasteiger partial charge in [0.05, 0.1) is 29.7 Å². The lowest BCUT2D eigenvalue weighted by atomic mass is 9.93. The Hall–Kier alpha value is -3.01. The lowest BCUT2D eigenvalue weighted by Crippen LogP contribution is -2.42. The highest BCUT2D eigenvalue weighted by Crippen LogP contribution is 2.25. The first-order valence-corrected chi connectivity index (χ1v) is 9.49. The molecule has 1 aliphatic rings. The van der Waals surface area contributed by atoms with E-state index in [9.17, 15) is 4.79 Å².